The van der Waals surface area contributed by atoms with Crippen LogP contribution in [0.1, 0.15) is 30.3 Å². The first-order valence-electron chi connectivity index (χ1n) is 6.96. The Morgan fingerprint density at radius 3 is 2.68 bits per heavy atom. The van der Waals surface area contributed by atoms with Gasteiger partial charge in [0.1, 0.15) is 5.75 Å². The van der Waals surface area contributed by atoms with Gasteiger partial charge < -0.3 is 19.8 Å². The van der Waals surface area contributed by atoms with Crippen molar-refractivity contribution in [3.05, 3.63) is 42.4 Å². The Balaban J connectivity index is 2.15. The lowest BCUT2D eigenvalue weighted by Crippen LogP contribution is -2.13. The topological polar surface area (TPSA) is 80.6 Å². The number of furan rings is 1. The average molecular weight is 302 g/mol. The largest absolute Gasteiger partial charge is 0.495 e. The van der Waals surface area contributed by atoms with E-state index in [0.29, 0.717) is 23.5 Å². The van der Waals surface area contributed by atoms with Gasteiger partial charge >= 0.3 is 0 Å². The quantitative estimate of drug-likeness (QED) is 0.858. The second kappa shape index (κ2) is 7.31. The molecule has 0 aliphatic heterocycles. The van der Waals surface area contributed by atoms with E-state index in [9.17, 15) is 9.59 Å². The summed E-state index contributed by atoms with van der Waals surface area (Å²) in [5.74, 6) is 0.282. The summed E-state index contributed by atoms with van der Waals surface area (Å²) in [5, 5.41) is 5.47. The molecule has 0 unspecified atom stereocenters. The first-order chi connectivity index (χ1) is 10.6. The maximum absolute atomic E-state index is 11.9. The molecule has 2 N–H and O–H groups in total. The van der Waals surface area contributed by atoms with Crippen LogP contribution >= 0.6 is 0 Å². The van der Waals surface area contributed by atoms with E-state index in [0.717, 1.165) is 6.42 Å². The number of ether oxygens (including phenoxy) is 1. The average Bonchev–Trinajstić information content (AvgIpc) is 3.02. The second-order valence-corrected chi connectivity index (χ2v) is 4.64. The fraction of sp³-hybridized carbons (Fsp3) is 0.250. The highest BCUT2D eigenvalue weighted by atomic mass is 16.5. The molecule has 1 aromatic heterocycles. The summed E-state index contributed by atoms with van der Waals surface area (Å²) >= 11 is 0. The van der Waals surface area contributed by atoms with Gasteiger partial charge in [0.15, 0.2) is 5.76 Å². The van der Waals surface area contributed by atoms with Crippen LogP contribution in [0.5, 0.6) is 5.75 Å². The van der Waals surface area contributed by atoms with Crippen LogP contribution in [-0.4, -0.2) is 18.9 Å². The van der Waals surface area contributed by atoms with Crippen molar-refractivity contribution in [2.75, 3.05) is 17.7 Å². The molecule has 2 aromatic rings. The van der Waals surface area contributed by atoms with Crippen molar-refractivity contribution in [1.29, 1.82) is 0 Å². The molecule has 0 saturated carbocycles. The van der Waals surface area contributed by atoms with E-state index < -0.39 is 0 Å². The molecule has 1 heterocycles. The standard InChI is InChI=1S/C16H18N2O4/c1-3-5-15(19)18-12-10-11(7-8-13(12)21-2)17-16(20)14-6-4-9-22-14/h4,6-10H,3,5H2,1-2H3,(H,17,20)(H,18,19). The zero-order valence-corrected chi connectivity index (χ0v) is 12.5. The molecule has 1 aromatic carbocycles. The van der Waals surface area contributed by atoms with Crippen molar-refractivity contribution in [3.8, 4) is 5.75 Å². The molecular weight excluding hydrogens is 284 g/mol. The lowest BCUT2D eigenvalue weighted by atomic mass is 10.2. The minimum absolute atomic E-state index is 0.102. The normalized spacial score (nSPS) is 10.1. The first-order valence-corrected chi connectivity index (χ1v) is 6.96. The van der Waals surface area contributed by atoms with Crippen molar-refractivity contribution < 1.29 is 18.7 Å². The van der Waals surface area contributed by atoms with E-state index in [1.54, 1.807) is 30.3 Å². The molecule has 6 heteroatoms. The second-order valence-electron chi connectivity index (χ2n) is 4.64. The van der Waals surface area contributed by atoms with Gasteiger partial charge in [-0.2, -0.15) is 0 Å². The van der Waals surface area contributed by atoms with Gasteiger partial charge in [0.05, 0.1) is 19.1 Å². The van der Waals surface area contributed by atoms with Crippen LogP contribution < -0.4 is 15.4 Å². The molecule has 0 aliphatic carbocycles. The van der Waals surface area contributed by atoms with E-state index in [1.165, 1.54) is 13.4 Å². The Morgan fingerprint density at radius 1 is 1.23 bits per heavy atom. The van der Waals surface area contributed by atoms with Crippen LogP contribution in [0.4, 0.5) is 11.4 Å². The summed E-state index contributed by atoms with van der Waals surface area (Å²) in [6.45, 7) is 1.93. The van der Waals surface area contributed by atoms with Gasteiger partial charge in [0.25, 0.3) is 5.91 Å². The third kappa shape index (κ3) is 3.88. The highest BCUT2D eigenvalue weighted by Crippen LogP contribution is 2.28. The number of carbonyl (C=O) groups excluding carboxylic acids is 2. The van der Waals surface area contributed by atoms with E-state index in [2.05, 4.69) is 10.6 Å². The maximum Gasteiger partial charge on any atom is 0.291 e. The minimum atomic E-state index is -0.360. The molecule has 2 rings (SSSR count). The lowest BCUT2D eigenvalue weighted by molar-refractivity contribution is -0.116. The number of anilines is 2. The summed E-state index contributed by atoms with van der Waals surface area (Å²) in [6, 6.07) is 8.23. The minimum Gasteiger partial charge on any atom is -0.495 e. The number of hydrogen-bond donors (Lipinski definition) is 2. The van der Waals surface area contributed by atoms with Gasteiger partial charge in [-0.15, -0.1) is 0 Å². The fourth-order valence-electron chi connectivity index (χ4n) is 1.92. The number of amides is 2. The van der Waals surface area contributed by atoms with Crippen molar-refractivity contribution >= 4 is 23.2 Å². The Labute approximate surface area is 128 Å². The summed E-state index contributed by atoms with van der Waals surface area (Å²) in [4.78, 5) is 23.7. The van der Waals surface area contributed by atoms with Crippen LogP contribution in [0.2, 0.25) is 0 Å². The van der Waals surface area contributed by atoms with Crippen LogP contribution in [0, 0.1) is 0 Å². The molecule has 0 bridgehead atoms. The van der Waals surface area contributed by atoms with Crippen LogP contribution in [-0.2, 0) is 4.79 Å². The molecule has 22 heavy (non-hydrogen) atoms. The van der Waals surface area contributed by atoms with Crippen molar-refractivity contribution in [3.63, 3.8) is 0 Å². The summed E-state index contributed by atoms with van der Waals surface area (Å²) in [7, 11) is 1.52. The molecule has 116 valence electrons. The van der Waals surface area contributed by atoms with Crippen LogP contribution in [0.3, 0.4) is 0 Å². The SMILES string of the molecule is CCCC(=O)Nc1cc(NC(=O)c2ccco2)ccc1OC. The lowest BCUT2D eigenvalue weighted by Gasteiger charge is -2.12. The highest BCUT2D eigenvalue weighted by molar-refractivity contribution is 6.03. The Bertz CT molecular complexity index is 650. The number of rotatable bonds is 6. The van der Waals surface area contributed by atoms with Gasteiger partial charge in [-0.3, -0.25) is 9.59 Å². The third-order valence-electron chi connectivity index (χ3n) is 2.95. The molecule has 0 aliphatic rings. The monoisotopic (exact) mass is 302 g/mol. The molecule has 0 saturated heterocycles. The smallest absolute Gasteiger partial charge is 0.291 e. The number of methoxy groups -OCH3 is 1. The van der Waals surface area contributed by atoms with Gasteiger partial charge in [-0.1, -0.05) is 6.92 Å². The van der Waals surface area contributed by atoms with E-state index in [-0.39, 0.29) is 17.6 Å². The Hall–Kier alpha value is -2.76. The van der Waals surface area contributed by atoms with E-state index in [1.807, 2.05) is 6.92 Å². The zero-order valence-electron chi connectivity index (χ0n) is 12.5. The third-order valence-corrected chi connectivity index (χ3v) is 2.95. The predicted octanol–water partition coefficient (Wildman–Crippen LogP) is 3.28. The van der Waals surface area contributed by atoms with Crippen molar-refractivity contribution in [2.45, 2.75) is 19.8 Å². The number of benzene rings is 1. The molecular formula is C16H18N2O4. The Morgan fingerprint density at radius 2 is 2.05 bits per heavy atom. The van der Waals surface area contributed by atoms with Crippen molar-refractivity contribution in [1.82, 2.24) is 0 Å². The van der Waals surface area contributed by atoms with Gasteiger partial charge in [-0.05, 0) is 36.8 Å². The van der Waals surface area contributed by atoms with Gasteiger partial charge in [0.2, 0.25) is 5.91 Å². The first kappa shape index (κ1) is 15.6. The summed E-state index contributed by atoms with van der Waals surface area (Å²) < 4.78 is 10.2. The Kier molecular flexibility index (Phi) is 5.19. The van der Waals surface area contributed by atoms with E-state index in [4.69, 9.17) is 9.15 Å². The maximum atomic E-state index is 11.9. The molecule has 6 nitrogen and oxygen atoms in total. The van der Waals surface area contributed by atoms with Gasteiger partial charge in [0, 0.05) is 12.1 Å². The fourth-order valence-corrected chi connectivity index (χ4v) is 1.92. The molecule has 0 radical (unpaired) electrons. The highest BCUT2D eigenvalue weighted by Gasteiger charge is 2.12. The zero-order chi connectivity index (χ0) is 15.9. The van der Waals surface area contributed by atoms with Gasteiger partial charge in [-0.25, -0.2) is 0 Å². The van der Waals surface area contributed by atoms with Crippen molar-refractivity contribution in [2.24, 2.45) is 0 Å². The molecule has 0 atom stereocenters. The molecule has 0 spiro atoms. The predicted molar refractivity (Wildman–Crippen MR) is 83.2 cm³/mol. The summed E-state index contributed by atoms with van der Waals surface area (Å²) in [6.07, 6.45) is 2.61. The molecule has 0 fully saturated rings. The number of hydrogen-bond acceptors (Lipinski definition) is 4. The van der Waals surface area contributed by atoms with E-state index >= 15 is 0 Å². The van der Waals surface area contributed by atoms with Crippen LogP contribution in [0.25, 0.3) is 0 Å². The molecule has 2 amide bonds. The number of nitrogens with one attached hydrogen (secondary N) is 2. The number of carbonyl (C=O) groups is 2. The summed E-state index contributed by atoms with van der Waals surface area (Å²) in [5.41, 5.74) is 1.05. The van der Waals surface area contributed by atoms with Crippen LogP contribution in [0.15, 0.2) is 41.0 Å².